The summed E-state index contributed by atoms with van der Waals surface area (Å²) in [4.78, 5) is 0. The summed E-state index contributed by atoms with van der Waals surface area (Å²) in [6.45, 7) is 0. The first-order chi connectivity index (χ1) is 12.4. The lowest BCUT2D eigenvalue weighted by Crippen LogP contribution is -1.94. The summed E-state index contributed by atoms with van der Waals surface area (Å²) in [5.74, 6) is 0. The summed E-state index contributed by atoms with van der Waals surface area (Å²) in [5.41, 5.74) is 8.28. The third-order valence-corrected chi connectivity index (χ3v) is 4.83. The van der Waals surface area contributed by atoms with Crippen molar-refractivity contribution in [1.82, 2.24) is 0 Å². The Balaban J connectivity index is 1.89. The summed E-state index contributed by atoms with van der Waals surface area (Å²) < 4.78 is 0. The molecule has 0 saturated heterocycles. The maximum Gasteiger partial charge on any atom is -0.00766 e. The van der Waals surface area contributed by atoms with Gasteiger partial charge in [-0.15, -0.1) is 0 Å². The van der Waals surface area contributed by atoms with Crippen molar-refractivity contribution in [2.45, 2.75) is 19.3 Å². The molecule has 1 aliphatic carbocycles. The van der Waals surface area contributed by atoms with Gasteiger partial charge in [-0.1, -0.05) is 97.1 Å². The molecule has 0 unspecified atom stereocenters. The Morgan fingerprint density at radius 2 is 1.12 bits per heavy atom. The molecule has 3 aromatic rings. The maximum atomic E-state index is 2.37. The predicted molar refractivity (Wildman–Crippen MR) is 107 cm³/mol. The van der Waals surface area contributed by atoms with Crippen molar-refractivity contribution in [1.29, 1.82) is 0 Å². The van der Waals surface area contributed by atoms with Crippen molar-refractivity contribution in [3.63, 3.8) is 0 Å². The molecule has 4 rings (SSSR count). The average molecular weight is 322 g/mol. The second kappa shape index (κ2) is 7.36. The van der Waals surface area contributed by atoms with Gasteiger partial charge in [0.25, 0.3) is 0 Å². The van der Waals surface area contributed by atoms with Crippen LogP contribution >= 0.6 is 0 Å². The Hall–Kier alpha value is -2.86. The van der Waals surface area contributed by atoms with Crippen molar-refractivity contribution in [2.75, 3.05) is 0 Å². The summed E-state index contributed by atoms with van der Waals surface area (Å²) in [6.07, 6.45) is 5.91. The second-order valence-corrected chi connectivity index (χ2v) is 6.52. The molecule has 0 spiro atoms. The van der Waals surface area contributed by atoms with Crippen molar-refractivity contribution in [3.05, 3.63) is 119 Å². The standard InChI is InChI=1S/C25H22/c1-4-11-20(12-5-1)19-23-17-10-18-24(23)25(21-13-6-2-7-14-21)22-15-8-3-9-16-22/h1-9,11-16,19H,10,17-18H2/b23-19+. The number of hydrogen-bond donors (Lipinski definition) is 0. The summed E-state index contributed by atoms with van der Waals surface area (Å²) in [6, 6.07) is 32.3. The molecule has 0 radical (unpaired) electrons. The molecule has 1 saturated carbocycles. The van der Waals surface area contributed by atoms with Crippen molar-refractivity contribution >= 4 is 11.6 Å². The zero-order chi connectivity index (χ0) is 16.9. The quantitative estimate of drug-likeness (QED) is 0.500. The third-order valence-electron chi connectivity index (χ3n) is 4.83. The number of rotatable bonds is 3. The molecule has 0 heteroatoms. The topological polar surface area (TPSA) is 0 Å². The zero-order valence-electron chi connectivity index (χ0n) is 14.4. The first kappa shape index (κ1) is 15.7. The molecule has 0 aromatic heterocycles. The smallest absolute Gasteiger partial charge is 0.00766 e. The summed E-state index contributed by atoms with van der Waals surface area (Å²) in [5, 5.41) is 0. The SMILES string of the molecule is C(=C1/CCCC1=C(c1ccccc1)c1ccccc1)/c1ccccc1. The lowest BCUT2D eigenvalue weighted by Gasteiger charge is -2.14. The maximum absolute atomic E-state index is 2.37. The molecule has 1 aliphatic rings. The van der Waals surface area contributed by atoms with Crippen LogP contribution in [-0.2, 0) is 0 Å². The minimum absolute atomic E-state index is 1.15. The highest BCUT2D eigenvalue weighted by Crippen LogP contribution is 2.40. The van der Waals surface area contributed by atoms with Crippen LogP contribution in [0.4, 0.5) is 0 Å². The van der Waals surface area contributed by atoms with E-state index in [0.717, 1.165) is 12.8 Å². The Morgan fingerprint density at radius 3 is 1.68 bits per heavy atom. The summed E-state index contributed by atoms with van der Waals surface area (Å²) >= 11 is 0. The molecule has 0 N–H and O–H groups in total. The van der Waals surface area contributed by atoms with Crippen LogP contribution in [0.2, 0.25) is 0 Å². The first-order valence-corrected chi connectivity index (χ1v) is 9.02. The van der Waals surface area contributed by atoms with E-state index in [9.17, 15) is 0 Å². The van der Waals surface area contributed by atoms with Crippen LogP contribution in [0.5, 0.6) is 0 Å². The molecule has 0 aliphatic heterocycles. The fraction of sp³-hybridized carbons (Fsp3) is 0.120. The van der Waals surface area contributed by atoms with Gasteiger partial charge in [-0.3, -0.25) is 0 Å². The van der Waals surface area contributed by atoms with Crippen LogP contribution in [0.3, 0.4) is 0 Å². The van der Waals surface area contributed by atoms with Crippen molar-refractivity contribution in [2.24, 2.45) is 0 Å². The van der Waals surface area contributed by atoms with Gasteiger partial charge >= 0.3 is 0 Å². The molecule has 0 nitrogen and oxygen atoms in total. The van der Waals surface area contributed by atoms with E-state index in [1.807, 2.05) is 0 Å². The zero-order valence-corrected chi connectivity index (χ0v) is 14.4. The fourth-order valence-corrected chi connectivity index (χ4v) is 3.69. The molecule has 0 atom stereocenters. The fourth-order valence-electron chi connectivity index (χ4n) is 3.69. The highest BCUT2D eigenvalue weighted by Gasteiger charge is 2.20. The number of benzene rings is 3. The molecule has 25 heavy (non-hydrogen) atoms. The first-order valence-electron chi connectivity index (χ1n) is 9.02. The molecule has 122 valence electrons. The van der Waals surface area contributed by atoms with Gasteiger partial charge in [0.2, 0.25) is 0 Å². The lowest BCUT2D eigenvalue weighted by atomic mass is 9.90. The van der Waals surface area contributed by atoms with Crippen LogP contribution < -0.4 is 0 Å². The predicted octanol–water partition coefficient (Wildman–Crippen LogP) is 6.76. The van der Waals surface area contributed by atoms with Crippen LogP contribution in [0.25, 0.3) is 11.6 Å². The van der Waals surface area contributed by atoms with E-state index in [0.29, 0.717) is 0 Å². The molecule has 3 aromatic carbocycles. The third kappa shape index (κ3) is 3.49. The van der Waals surface area contributed by atoms with Gasteiger partial charge in [-0.2, -0.15) is 0 Å². The Morgan fingerprint density at radius 1 is 0.600 bits per heavy atom. The monoisotopic (exact) mass is 322 g/mol. The average Bonchev–Trinajstić information content (AvgIpc) is 3.12. The Labute approximate surface area is 150 Å². The minimum Gasteiger partial charge on any atom is -0.0622 e. The highest BCUT2D eigenvalue weighted by atomic mass is 14.2. The van der Waals surface area contributed by atoms with Gasteiger partial charge in [0.15, 0.2) is 0 Å². The van der Waals surface area contributed by atoms with E-state index in [2.05, 4.69) is 97.1 Å². The van der Waals surface area contributed by atoms with Gasteiger partial charge in [-0.25, -0.2) is 0 Å². The van der Waals surface area contributed by atoms with Gasteiger partial charge in [0, 0.05) is 0 Å². The van der Waals surface area contributed by atoms with E-state index < -0.39 is 0 Å². The molecular formula is C25H22. The summed E-state index contributed by atoms with van der Waals surface area (Å²) in [7, 11) is 0. The minimum atomic E-state index is 1.15. The van der Waals surface area contributed by atoms with Crippen molar-refractivity contribution in [3.8, 4) is 0 Å². The van der Waals surface area contributed by atoms with E-state index in [4.69, 9.17) is 0 Å². The van der Waals surface area contributed by atoms with Gasteiger partial charge in [-0.05, 0) is 52.7 Å². The van der Waals surface area contributed by atoms with Crippen LogP contribution in [0, 0.1) is 0 Å². The molecule has 1 fully saturated rings. The van der Waals surface area contributed by atoms with Gasteiger partial charge < -0.3 is 0 Å². The van der Waals surface area contributed by atoms with E-state index in [-0.39, 0.29) is 0 Å². The molecular weight excluding hydrogens is 300 g/mol. The molecule has 0 amide bonds. The van der Waals surface area contributed by atoms with Gasteiger partial charge in [0.1, 0.15) is 0 Å². The second-order valence-electron chi connectivity index (χ2n) is 6.52. The number of hydrogen-bond acceptors (Lipinski definition) is 0. The van der Waals surface area contributed by atoms with Crippen LogP contribution in [0.1, 0.15) is 36.0 Å². The van der Waals surface area contributed by atoms with Crippen LogP contribution in [-0.4, -0.2) is 0 Å². The van der Waals surface area contributed by atoms with E-state index >= 15 is 0 Å². The van der Waals surface area contributed by atoms with Gasteiger partial charge in [0.05, 0.1) is 0 Å². The Bertz CT molecular complexity index is 843. The molecule has 0 bridgehead atoms. The number of allylic oxidation sites excluding steroid dienone is 2. The van der Waals surface area contributed by atoms with Crippen molar-refractivity contribution < 1.29 is 0 Å². The van der Waals surface area contributed by atoms with E-state index in [1.54, 1.807) is 0 Å². The van der Waals surface area contributed by atoms with Crippen LogP contribution in [0.15, 0.2) is 102 Å². The lowest BCUT2D eigenvalue weighted by molar-refractivity contribution is 0.934. The highest BCUT2D eigenvalue weighted by molar-refractivity contribution is 5.86. The Kier molecular flexibility index (Phi) is 4.61. The largest absolute Gasteiger partial charge is 0.0622 e. The normalized spacial score (nSPS) is 15.5. The van der Waals surface area contributed by atoms with E-state index in [1.165, 1.54) is 39.8 Å². The molecule has 0 heterocycles.